The van der Waals surface area contributed by atoms with Crippen molar-refractivity contribution in [3.05, 3.63) is 125 Å². The minimum atomic E-state index is -1.03. The highest BCUT2D eigenvalue weighted by molar-refractivity contribution is 6.02. The Balaban J connectivity index is 1.56. The molecule has 1 spiro atoms. The molecule has 2 aliphatic rings. The van der Waals surface area contributed by atoms with Crippen molar-refractivity contribution in [2.75, 3.05) is 11.9 Å². The number of carbonyl (C=O) groups excluding carboxylic acids is 1. The van der Waals surface area contributed by atoms with E-state index < -0.39 is 5.60 Å². The maximum Gasteiger partial charge on any atom is 0.342 e. The van der Waals surface area contributed by atoms with Crippen LogP contribution < -0.4 is 9.64 Å². The third kappa shape index (κ3) is 2.59. The Morgan fingerprint density at radius 2 is 1.31 bits per heavy atom. The third-order valence-corrected chi connectivity index (χ3v) is 6.30. The monoisotopic (exact) mass is 419 g/mol. The van der Waals surface area contributed by atoms with E-state index >= 15 is 0 Å². The predicted octanol–water partition coefficient (Wildman–Crippen LogP) is 5.89. The van der Waals surface area contributed by atoms with Gasteiger partial charge in [0.25, 0.3) is 0 Å². The molecule has 0 radical (unpaired) electrons. The fraction of sp³-hybridized carbons (Fsp3) is 0.107. The minimum absolute atomic E-state index is 0.318. The average molecular weight is 419 g/mol. The second-order valence-corrected chi connectivity index (χ2v) is 8.21. The molecule has 0 fully saturated rings. The SMILES string of the molecule is CN(Cc1ccccc1)c1cccc2c1C(=O)OC21c2ccccc2Oc2ccccc21. The van der Waals surface area contributed by atoms with E-state index in [9.17, 15) is 4.79 Å². The van der Waals surface area contributed by atoms with Crippen molar-refractivity contribution in [2.24, 2.45) is 0 Å². The van der Waals surface area contributed by atoms with Crippen LogP contribution >= 0.6 is 0 Å². The zero-order valence-electron chi connectivity index (χ0n) is 17.6. The molecule has 4 nitrogen and oxygen atoms in total. The van der Waals surface area contributed by atoms with Gasteiger partial charge in [0.1, 0.15) is 11.5 Å². The van der Waals surface area contributed by atoms with E-state index in [-0.39, 0.29) is 5.97 Å². The second-order valence-electron chi connectivity index (χ2n) is 8.21. The van der Waals surface area contributed by atoms with E-state index in [1.165, 1.54) is 5.56 Å². The fourth-order valence-electron chi connectivity index (χ4n) is 4.91. The smallest absolute Gasteiger partial charge is 0.342 e. The van der Waals surface area contributed by atoms with Crippen molar-refractivity contribution in [3.63, 3.8) is 0 Å². The van der Waals surface area contributed by atoms with Crippen LogP contribution in [0.1, 0.15) is 32.6 Å². The van der Waals surface area contributed by atoms with Crippen LogP contribution in [0.25, 0.3) is 0 Å². The molecule has 156 valence electrons. The van der Waals surface area contributed by atoms with E-state index in [2.05, 4.69) is 17.0 Å². The number of hydrogen-bond donors (Lipinski definition) is 0. The third-order valence-electron chi connectivity index (χ3n) is 6.30. The van der Waals surface area contributed by atoms with Gasteiger partial charge in [-0.25, -0.2) is 4.79 Å². The van der Waals surface area contributed by atoms with Crippen LogP contribution in [-0.2, 0) is 16.9 Å². The number of ether oxygens (including phenoxy) is 2. The number of anilines is 1. The molecule has 0 bridgehead atoms. The first kappa shape index (κ1) is 18.7. The lowest BCUT2D eigenvalue weighted by atomic mass is 9.77. The highest BCUT2D eigenvalue weighted by atomic mass is 16.6. The van der Waals surface area contributed by atoms with Crippen molar-refractivity contribution >= 4 is 11.7 Å². The fourth-order valence-corrected chi connectivity index (χ4v) is 4.91. The summed E-state index contributed by atoms with van der Waals surface area (Å²) < 4.78 is 12.5. The van der Waals surface area contributed by atoms with Crippen LogP contribution in [0.5, 0.6) is 11.5 Å². The van der Waals surface area contributed by atoms with Gasteiger partial charge in [-0.1, -0.05) is 78.9 Å². The summed E-state index contributed by atoms with van der Waals surface area (Å²) >= 11 is 0. The molecule has 0 atom stereocenters. The molecule has 0 saturated heterocycles. The Morgan fingerprint density at radius 3 is 2.00 bits per heavy atom. The van der Waals surface area contributed by atoms with E-state index in [0.29, 0.717) is 23.6 Å². The summed E-state index contributed by atoms with van der Waals surface area (Å²) in [5.41, 5.74) is 4.15. The number of nitrogens with zero attached hydrogens (tertiary/aromatic N) is 1. The summed E-state index contributed by atoms with van der Waals surface area (Å²) in [6, 6.07) is 31.8. The molecular weight excluding hydrogens is 398 g/mol. The van der Waals surface area contributed by atoms with Crippen molar-refractivity contribution < 1.29 is 14.3 Å². The van der Waals surface area contributed by atoms with E-state index in [4.69, 9.17) is 9.47 Å². The van der Waals surface area contributed by atoms with Gasteiger partial charge in [-0.3, -0.25) is 0 Å². The molecule has 0 aromatic heterocycles. The Morgan fingerprint density at radius 1 is 0.719 bits per heavy atom. The Kier molecular flexibility index (Phi) is 4.08. The Labute approximate surface area is 186 Å². The van der Waals surface area contributed by atoms with E-state index in [1.807, 2.05) is 92.0 Å². The molecule has 32 heavy (non-hydrogen) atoms. The Bertz CT molecular complexity index is 1300. The van der Waals surface area contributed by atoms with E-state index in [1.54, 1.807) is 0 Å². The molecule has 2 aliphatic heterocycles. The molecule has 0 aliphatic carbocycles. The summed E-state index contributed by atoms with van der Waals surface area (Å²) in [6.45, 7) is 0.688. The zero-order chi connectivity index (χ0) is 21.7. The van der Waals surface area contributed by atoms with Gasteiger partial charge < -0.3 is 14.4 Å². The van der Waals surface area contributed by atoms with Crippen molar-refractivity contribution in [1.82, 2.24) is 0 Å². The molecule has 4 aromatic rings. The lowest BCUT2D eigenvalue weighted by molar-refractivity contribution is 0.0224. The second kappa shape index (κ2) is 6.99. The predicted molar refractivity (Wildman–Crippen MR) is 123 cm³/mol. The van der Waals surface area contributed by atoms with Crippen LogP contribution in [-0.4, -0.2) is 13.0 Å². The maximum absolute atomic E-state index is 13.4. The highest BCUT2D eigenvalue weighted by Crippen LogP contribution is 2.56. The number of para-hydroxylation sites is 2. The number of hydrogen-bond acceptors (Lipinski definition) is 4. The molecule has 0 amide bonds. The number of carbonyl (C=O) groups is 1. The topological polar surface area (TPSA) is 38.8 Å². The highest BCUT2D eigenvalue weighted by Gasteiger charge is 2.54. The first-order valence-electron chi connectivity index (χ1n) is 10.7. The summed E-state index contributed by atoms with van der Waals surface area (Å²) in [5, 5.41) is 0. The molecule has 0 N–H and O–H groups in total. The number of esters is 1. The van der Waals surface area contributed by atoms with Crippen molar-refractivity contribution in [3.8, 4) is 11.5 Å². The number of fused-ring (bicyclic) bond motifs is 6. The quantitative estimate of drug-likeness (QED) is 0.388. The van der Waals surface area contributed by atoms with Gasteiger partial charge in [-0.2, -0.15) is 0 Å². The summed E-state index contributed by atoms with van der Waals surface area (Å²) in [5.74, 6) is 1.09. The van der Waals surface area contributed by atoms with Crippen molar-refractivity contribution in [2.45, 2.75) is 12.1 Å². The van der Waals surface area contributed by atoms with Crippen LogP contribution in [0, 0.1) is 0 Å². The maximum atomic E-state index is 13.4. The average Bonchev–Trinajstić information content (AvgIpc) is 3.13. The van der Waals surface area contributed by atoms with Gasteiger partial charge in [-0.05, 0) is 23.8 Å². The minimum Gasteiger partial charge on any atom is -0.456 e. The molecule has 4 aromatic carbocycles. The van der Waals surface area contributed by atoms with Crippen LogP contribution in [0.2, 0.25) is 0 Å². The van der Waals surface area contributed by atoms with Gasteiger partial charge in [0.15, 0.2) is 5.60 Å². The van der Waals surface area contributed by atoms with Crippen molar-refractivity contribution in [1.29, 1.82) is 0 Å². The van der Waals surface area contributed by atoms with Crippen LogP contribution in [0.3, 0.4) is 0 Å². The van der Waals surface area contributed by atoms with Crippen LogP contribution in [0.15, 0.2) is 97.1 Å². The van der Waals surface area contributed by atoms with E-state index in [0.717, 1.165) is 22.4 Å². The van der Waals surface area contributed by atoms with Crippen LogP contribution in [0.4, 0.5) is 5.69 Å². The molecule has 4 heteroatoms. The van der Waals surface area contributed by atoms with Gasteiger partial charge in [0.2, 0.25) is 0 Å². The largest absolute Gasteiger partial charge is 0.456 e. The summed E-state index contributed by atoms with van der Waals surface area (Å²) in [7, 11) is 2.01. The Hall–Kier alpha value is -4.05. The summed E-state index contributed by atoms with van der Waals surface area (Å²) in [6.07, 6.45) is 0. The lowest BCUT2D eigenvalue weighted by Crippen LogP contribution is -2.32. The summed E-state index contributed by atoms with van der Waals surface area (Å²) in [4.78, 5) is 15.5. The van der Waals surface area contributed by atoms with Gasteiger partial charge in [0.05, 0.1) is 11.3 Å². The zero-order valence-corrected chi connectivity index (χ0v) is 17.6. The number of benzene rings is 4. The van der Waals surface area contributed by atoms with Gasteiger partial charge >= 0.3 is 5.97 Å². The lowest BCUT2D eigenvalue weighted by Gasteiger charge is -2.36. The van der Waals surface area contributed by atoms with Gasteiger partial charge in [0, 0.05) is 30.3 Å². The normalized spacial score (nSPS) is 14.7. The molecule has 2 heterocycles. The first-order chi connectivity index (χ1) is 15.7. The standard InChI is InChI=1S/C28H21NO3/c1-29(18-19-10-3-2-4-11-19)23-15-9-14-22-26(23)27(30)32-28(22)20-12-5-7-16-24(20)31-25-17-8-6-13-21(25)28/h2-17H,18H2,1H3. The molecule has 0 saturated carbocycles. The molecular formula is C28H21NO3. The molecule has 0 unspecified atom stereocenters. The molecule has 6 rings (SSSR count). The first-order valence-corrected chi connectivity index (χ1v) is 10.7. The van der Waals surface area contributed by atoms with Gasteiger partial charge in [-0.15, -0.1) is 0 Å². The number of rotatable bonds is 3.